The molecule has 1 aliphatic heterocycles. The van der Waals surface area contributed by atoms with Crippen LogP contribution in [-0.2, 0) is 6.54 Å². The van der Waals surface area contributed by atoms with Gasteiger partial charge in [-0.05, 0) is 24.3 Å². The summed E-state index contributed by atoms with van der Waals surface area (Å²) in [4.78, 5) is 9.90. The molecule has 1 saturated heterocycles. The van der Waals surface area contributed by atoms with E-state index in [1.807, 2.05) is 29.2 Å². The Labute approximate surface area is 138 Å². The summed E-state index contributed by atoms with van der Waals surface area (Å²) < 4.78 is 33.0. The number of rotatable bonds is 4. The van der Waals surface area contributed by atoms with Gasteiger partial charge in [0, 0.05) is 31.1 Å². The van der Waals surface area contributed by atoms with Crippen LogP contribution in [0.2, 0.25) is 0 Å². The number of ether oxygens (including phenoxy) is 1. The van der Waals surface area contributed by atoms with E-state index in [4.69, 9.17) is 4.74 Å². The molecule has 0 radical (unpaired) electrons. The third-order valence-corrected chi connectivity index (χ3v) is 4.50. The minimum Gasteiger partial charge on any atom is -0.494 e. The maximum atomic E-state index is 14.2. The number of methoxy groups -OCH3 is 1. The van der Waals surface area contributed by atoms with Gasteiger partial charge in [0.1, 0.15) is 11.6 Å². The number of halogens is 2. The van der Waals surface area contributed by atoms with Gasteiger partial charge in [-0.2, -0.15) is 0 Å². The van der Waals surface area contributed by atoms with E-state index in [1.165, 1.54) is 19.2 Å². The Balaban J connectivity index is 1.46. The number of para-hydroxylation sites is 2. The molecule has 3 aromatic rings. The predicted molar refractivity (Wildman–Crippen MR) is 87.0 cm³/mol. The van der Waals surface area contributed by atoms with Crippen LogP contribution in [0.4, 0.5) is 8.78 Å². The number of H-pyrrole nitrogens is 1. The molecule has 24 heavy (non-hydrogen) atoms. The molecule has 124 valence electrons. The first kappa shape index (κ1) is 15.1. The molecule has 0 atom stereocenters. The van der Waals surface area contributed by atoms with Gasteiger partial charge in [-0.3, -0.25) is 4.90 Å². The zero-order chi connectivity index (χ0) is 16.7. The lowest BCUT2D eigenvalue weighted by Gasteiger charge is -2.38. The van der Waals surface area contributed by atoms with E-state index in [-0.39, 0.29) is 23.8 Å². The minimum absolute atomic E-state index is 0.0532. The summed E-state index contributed by atoms with van der Waals surface area (Å²) in [6.07, 6.45) is 0. The van der Waals surface area contributed by atoms with E-state index >= 15 is 0 Å². The zero-order valence-electron chi connectivity index (χ0n) is 13.2. The molecule has 2 aromatic carbocycles. The molecule has 6 heteroatoms. The second-order valence-electron chi connectivity index (χ2n) is 6.07. The fourth-order valence-corrected chi connectivity index (χ4v) is 3.14. The number of aromatic amines is 1. The van der Waals surface area contributed by atoms with Crippen LogP contribution in [0.5, 0.6) is 5.75 Å². The van der Waals surface area contributed by atoms with Crippen LogP contribution in [0.15, 0.2) is 36.4 Å². The largest absolute Gasteiger partial charge is 0.494 e. The van der Waals surface area contributed by atoms with Crippen LogP contribution < -0.4 is 4.74 Å². The summed E-state index contributed by atoms with van der Waals surface area (Å²) >= 11 is 0. The van der Waals surface area contributed by atoms with Crippen molar-refractivity contribution in [1.29, 1.82) is 0 Å². The number of hydrogen-bond acceptors (Lipinski definition) is 3. The maximum absolute atomic E-state index is 14.2. The monoisotopic (exact) mass is 329 g/mol. The molecule has 4 nitrogen and oxygen atoms in total. The van der Waals surface area contributed by atoms with E-state index in [0.717, 1.165) is 29.9 Å². The van der Waals surface area contributed by atoms with Crippen molar-refractivity contribution in [2.45, 2.75) is 12.5 Å². The van der Waals surface area contributed by atoms with Crippen molar-refractivity contribution < 1.29 is 13.5 Å². The molecule has 1 N–H and O–H groups in total. The Hall–Kier alpha value is -2.47. The van der Waals surface area contributed by atoms with Crippen LogP contribution in [0, 0.1) is 11.6 Å². The Bertz CT molecular complexity index is 854. The average molecular weight is 329 g/mol. The Morgan fingerprint density at radius 1 is 1.21 bits per heavy atom. The zero-order valence-corrected chi connectivity index (χ0v) is 13.2. The Morgan fingerprint density at radius 2 is 2.00 bits per heavy atom. The summed E-state index contributed by atoms with van der Waals surface area (Å²) in [5, 5.41) is 0. The average Bonchev–Trinajstić information content (AvgIpc) is 2.96. The van der Waals surface area contributed by atoms with Crippen LogP contribution in [0.3, 0.4) is 0 Å². The maximum Gasteiger partial charge on any atom is 0.172 e. The number of aromatic nitrogens is 2. The van der Waals surface area contributed by atoms with Gasteiger partial charge >= 0.3 is 0 Å². The highest BCUT2D eigenvalue weighted by Crippen LogP contribution is 2.30. The molecular weight excluding hydrogens is 312 g/mol. The third-order valence-electron chi connectivity index (χ3n) is 4.50. The fourth-order valence-electron chi connectivity index (χ4n) is 3.14. The van der Waals surface area contributed by atoms with Crippen LogP contribution in [0.25, 0.3) is 11.0 Å². The first-order valence-electron chi connectivity index (χ1n) is 7.83. The highest BCUT2D eigenvalue weighted by molar-refractivity contribution is 5.74. The van der Waals surface area contributed by atoms with E-state index in [2.05, 4.69) is 9.97 Å². The number of nitrogens with zero attached hydrogens (tertiary/aromatic N) is 2. The first-order valence-corrected chi connectivity index (χ1v) is 7.83. The molecule has 0 aliphatic carbocycles. The van der Waals surface area contributed by atoms with E-state index in [1.54, 1.807) is 0 Å². The van der Waals surface area contributed by atoms with Gasteiger partial charge in [0.2, 0.25) is 0 Å². The normalized spacial score (nSPS) is 15.6. The number of fused-ring (bicyclic) bond motifs is 1. The van der Waals surface area contributed by atoms with Crippen molar-refractivity contribution in [3.05, 3.63) is 59.4 Å². The molecule has 1 aliphatic rings. The number of hydrogen-bond donors (Lipinski definition) is 1. The molecule has 0 amide bonds. The lowest BCUT2D eigenvalue weighted by molar-refractivity contribution is 0.131. The van der Waals surface area contributed by atoms with Crippen molar-refractivity contribution in [2.24, 2.45) is 0 Å². The van der Waals surface area contributed by atoms with Crippen molar-refractivity contribution in [3.63, 3.8) is 0 Å². The number of likely N-dealkylation sites (tertiary alicyclic amines) is 1. The molecule has 2 heterocycles. The molecule has 1 aromatic heterocycles. The quantitative estimate of drug-likeness (QED) is 0.797. The van der Waals surface area contributed by atoms with E-state index in [0.29, 0.717) is 0 Å². The summed E-state index contributed by atoms with van der Waals surface area (Å²) in [6.45, 7) is 1.66. The van der Waals surface area contributed by atoms with Crippen LogP contribution in [0.1, 0.15) is 17.3 Å². The third kappa shape index (κ3) is 2.53. The molecule has 4 rings (SSSR count). The molecular formula is C18H17F2N3O. The fraction of sp³-hybridized carbons (Fsp3) is 0.278. The number of imidazole rings is 1. The second kappa shape index (κ2) is 5.87. The minimum atomic E-state index is -0.621. The lowest BCUT2D eigenvalue weighted by Crippen LogP contribution is -2.45. The number of nitrogens with one attached hydrogen (secondary N) is 1. The van der Waals surface area contributed by atoms with Gasteiger partial charge in [-0.1, -0.05) is 12.1 Å². The molecule has 0 bridgehead atoms. The van der Waals surface area contributed by atoms with Crippen LogP contribution >= 0.6 is 0 Å². The van der Waals surface area contributed by atoms with Crippen molar-refractivity contribution in [3.8, 4) is 5.75 Å². The van der Waals surface area contributed by atoms with Gasteiger partial charge in [-0.15, -0.1) is 0 Å². The predicted octanol–water partition coefficient (Wildman–Crippen LogP) is 3.45. The van der Waals surface area contributed by atoms with Gasteiger partial charge in [0.25, 0.3) is 0 Å². The molecule has 0 unspecified atom stereocenters. The van der Waals surface area contributed by atoms with Crippen molar-refractivity contribution >= 4 is 11.0 Å². The first-order chi connectivity index (χ1) is 11.7. The van der Waals surface area contributed by atoms with Gasteiger partial charge in [0.15, 0.2) is 11.6 Å². The number of benzene rings is 2. The molecule has 1 fully saturated rings. The van der Waals surface area contributed by atoms with Gasteiger partial charge in [-0.25, -0.2) is 13.8 Å². The lowest BCUT2D eigenvalue weighted by atomic mass is 9.98. The highest BCUT2D eigenvalue weighted by atomic mass is 19.1. The summed E-state index contributed by atoms with van der Waals surface area (Å²) in [5.41, 5.74) is 2.00. The van der Waals surface area contributed by atoms with E-state index < -0.39 is 11.6 Å². The van der Waals surface area contributed by atoms with E-state index in [9.17, 15) is 8.78 Å². The Kier molecular flexibility index (Phi) is 3.69. The van der Waals surface area contributed by atoms with Gasteiger partial charge < -0.3 is 9.72 Å². The van der Waals surface area contributed by atoms with Crippen molar-refractivity contribution in [1.82, 2.24) is 14.9 Å². The van der Waals surface area contributed by atoms with Crippen molar-refractivity contribution in [2.75, 3.05) is 20.2 Å². The summed E-state index contributed by atoms with van der Waals surface area (Å²) in [5.74, 6) is 0.0964. The topological polar surface area (TPSA) is 41.1 Å². The molecule has 0 saturated carbocycles. The standard InChI is InChI=1S/C18H17F2N3O/c1-24-16-7-6-13(19)12(17(16)20)10-23-8-11(9-23)18-21-14-4-2-3-5-15(14)22-18/h2-7,11H,8-10H2,1H3,(H,21,22). The smallest absolute Gasteiger partial charge is 0.172 e. The summed E-state index contributed by atoms with van der Waals surface area (Å²) in [6, 6.07) is 10.4. The molecule has 0 spiro atoms. The summed E-state index contributed by atoms with van der Waals surface area (Å²) in [7, 11) is 1.38. The highest BCUT2D eigenvalue weighted by Gasteiger charge is 2.31. The van der Waals surface area contributed by atoms with Crippen LogP contribution in [-0.4, -0.2) is 35.1 Å². The SMILES string of the molecule is COc1ccc(F)c(CN2CC(c3nc4ccccc4[nH]3)C2)c1F. The van der Waals surface area contributed by atoms with Gasteiger partial charge in [0.05, 0.1) is 18.1 Å². The second-order valence-corrected chi connectivity index (χ2v) is 6.07. The Morgan fingerprint density at radius 3 is 2.75 bits per heavy atom.